The predicted octanol–water partition coefficient (Wildman–Crippen LogP) is 0.976. The summed E-state index contributed by atoms with van der Waals surface area (Å²) in [5.74, 6) is -1.23. The van der Waals surface area contributed by atoms with E-state index in [1.807, 2.05) is 0 Å². The molecule has 0 aliphatic rings. The van der Waals surface area contributed by atoms with Gasteiger partial charge in [-0.1, -0.05) is 0 Å². The van der Waals surface area contributed by atoms with Crippen LogP contribution in [-0.4, -0.2) is 54.1 Å². The summed E-state index contributed by atoms with van der Waals surface area (Å²) in [6.07, 6.45) is 0. The average Bonchev–Trinajstić information content (AvgIpc) is 2.42. The Morgan fingerprint density at radius 3 is 2.52 bits per heavy atom. The van der Waals surface area contributed by atoms with Crippen LogP contribution in [0.1, 0.15) is 10.4 Å². The summed E-state index contributed by atoms with van der Waals surface area (Å²) in [5.41, 5.74) is -0.286. The van der Waals surface area contributed by atoms with Crippen molar-refractivity contribution in [3.8, 4) is 0 Å². The molecule has 2 amide bonds. The van der Waals surface area contributed by atoms with Gasteiger partial charge >= 0.3 is 12.0 Å². The van der Waals surface area contributed by atoms with Gasteiger partial charge in [0.2, 0.25) is 0 Å². The summed E-state index contributed by atoms with van der Waals surface area (Å²) in [6.45, 7) is 0.543. The van der Waals surface area contributed by atoms with Crippen LogP contribution in [0.3, 0.4) is 0 Å². The van der Waals surface area contributed by atoms with Gasteiger partial charge in [-0.15, -0.1) is 0 Å². The van der Waals surface area contributed by atoms with Crippen molar-refractivity contribution in [3.63, 3.8) is 0 Å². The van der Waals surface area contributed by atoms with Gasteiger partial charge < -0.3 is 20.6 Å². The first-order valence-corrected chi connectivity index (χ1v) is 6.03. The zero-order valence-corrected chi connectivity index (χ0v) is 11.6. The molecule has 0 unspecified atom stereocenters. The van der Waals surface area contributed by atoms with Crippen LogP contribution >= 0.6 is 0 Å². The summed E-state index contributed by atoms with van der Waals surface area (Å²) in [7, 11) is 3.19. The van der Waals surface area contributed by atoms with Gasteiger partial charge in [0, 0.05) is 33.3 Å². The fourth-order valence-electron chi connectivity index (χ4n) is 1.49. The maximum absolute atomic E-state index is 11.3. The first-order valence-electron chi connectivity index (χ1n) is 6.03. The fourth-order valence-corrected chi connectivity index (χ4v) is 1.49. The van der Waals surface area contributed by atoms with Crippen LogP contribution in [0.15, 0.2) is 18.2 Å². The van der Waals surface area contributed by atoms with Crippen LogP contribution in [0.2, 0.25) is 0 Å². The standard InChI is InChI=1S/C12H16N4O5/c1-15(2)12(19)14-6-5-13-9-4-3-8(11(17)18)7-10(9)16(20)21/h3-4,7,13H,5-6H2,1-2H3,(H,14,19)(H,17,18). The highest BCUT2D eigenvalue weighted by atomic mass is 16.6. The second-order valence-corrected chi connectivity index (χ2v) is 4.35. The van der Waals surface area contributed by atoms with E-state index in [0.717, 1.165) is 6.07 Å². The fraction of sp³-hybridized carbons (Fsp3) is 0.333. The molecule has 0 aliphatic carbocycles. The number of hydrogen-bond donors (Lipinski definition) is 3. The van der Waals surface area contributed by atoms with E-state index >= 15 is 0 Å². The zero-order chi connectivity index (χ0) is 16.0. The number of nitrogens with zero attached hydrogens (tertiary/aromatic N) is 2. The van der Waals surface area contributed by atoms with E-state index in [-0.39, 0.29) is 36.1 Å². The molecule has 3 N–H and O–H groups in total. The maximum Gasteiger partial charge on any atom is 0.335 e. The Kier molecular flexibility index (Phi) is 5.47. The first-order chi connectivity index (χ1) is 9.82. The number of rotatable bonds is 6. The van der Waals surface area contributed by atoms with Gasteiger partial charge in [0.05, 0.1) is 10.5 Å². The minimum Gasteiger partial charge on any atom is -0.478 e. The highest BCUT2D eigenvalue weighted by Gasteiger charge is 2.16. The molecule has 0 atom stereocenters. The number of anilines is 1. The van der Waals surface area contributed by atoms with Crippen molar-refractivity contribution in [2.75, 3.05) is 32.5 Å². The Bertz CT molecular complexity index is 559. The Balaban J connectivity index is 2.68. The second kappa shape index (κ2) is 7.08. The van der Waals surface area contributed by atoms with Gasteiger partial charge in [-0.3, -0.25) is 10.1 Å². The summed E-state index contributed by atoms with van der Waals surface area (Å²) in [6, 6.07) is 3.32. The minimum atomic E-state index is -1.23. The highest BCUT2D eigenvalue weighted by molar-refractivity contribution is 5.89. The Morgan fingerprint density at radius 2 is 2.00 bits per heavy atom. The quantitative estimate of drug-likeness (QED) is 0.408. The molecule has 114 valence electrons. The van der Waals surface area contributed by atoms with Crippen molar-refractivity contribution < 1.29 is 19.6 Å². The number of nitrogens with one attached hydrogen (secondary N) is 2. The number of hydrogen-bond acceptors (Lipinski definition) is 5. The topological polar surface area (TPSA) is 125 Å². The molecule has 0 fully saturated rings. The Morgan fingerprint density at radius 1 is 1.33 bits per heavy atom. The summed E-state index contributed by atoms with van der Waals surface area (Å²) in [5, 5.41) is 25.1. The lowest BCUT2D eigenvalue weighted by molar-refractivity contribution is -0.384. The predicted molar refractivity (Wildman–Crippen MR) is 75.6 cm³/mol. The van der Waals surface area contributed by atoms with Crippen molar-refractivity contribution in [1.29, 1.82) is 0 Å². The molecule has 0 aromatic heterocycles. The third-order valence-electron chi connectivity index (χ3n) is 2.56. The number of amides is 2. The lowest BCUT2D eigenvalue weighted by Gasteiger charge is -2.12. The zero-order valence-electron chi connectivity index (χ0n) is 11.6. The molecule has 21 heavy (non-hydrogen) atoms. The van der Waals surface area contributed by atoms with Crippen molar-refractivity contribution in [2.45, 2.75) is 0 Å². The molecule has 1 rings (SSSR count). The van der Waals surface area contributed by atoms with E-state index < -0.39 is 10.9 Å². The van der Waals surface area contributed by atoms with Crippen LogP contribution in [0.25, 0.3) is 0 Å². The molecule has 0 radical (unpaired) electrons. The lowest BCUT2D eigenvalue weighted by Crippen LogP contribution is -2.37. The SMILES string of the molecule is CN(C)C(=O)NCCNc1ccc(C(=O)O)cc1[N+](=O)[O-]. The van der Waals surface area contributed by atoms with E-state index in [4.69, 9.17) is 5.11 Å². The number of nitro groups is 1. The first kappa shape index (κ1) is 16.2. The number of aromatic carboxylic acids is 1. The number of carbonyl (C=O) groups excluding carboxylic acids is 1. The van der Waals surface area contributed by atoms with Gasteiger partial charge in [0.25, 0.3) is 5.69 Å². The van der Waals surface area contributed by atoms with Gasteiger partial charge in [-0.05, 0) is 12.1 Å². The van der Waals surface area contributed by atoms with Gasteiger partial charge in [0.15, 0.2) is 0 Å². The monoisotopic (exact) mass is 296 g/mol. The molecular weight excluding hydrogens is 280 g/mol. The van der Waals surface area contributed by atoms with Crippen molar-refractivity contribution in [1.82, 2.24) is 10.2 Å². The van der Waals surface area contributed by atoms with Crippen LogP contribution < -0.4 is 10.6 Å². The largest absolute Gasteiger partial charge is 0.478 e. The third kappa shape index (κ3) is 4.64. The lowest BCUT2D eigenvalue weighted by atomic mass is 10.1. The van der Waals surface area contributed by atoms with E-state index in [1.54, 1.807) is 14.1 Å². The number of urea groups is 1. The molecule has 9 nitrogen and oxygen atoms in total. The van der Waals surface area contributed by atoms with E-state index in [9.17, 15) is 19.7 Å². The van der Waals surface area contributed by atoms with Crippen LogP contribution in [0.4, 0.5) is 16.2 Å². The van der Waals surface area contributed by atoms with Crippen molar-refractivity contribution in [2.24, 2.45) is 0 Å². The van der Waals surface area contributed by atoms with E-state index in [2.05, 4.69) is 10.6 Å². The normalized spacial score (nSPS) is 9.81. The number of carboxylic acids is 1. The molecule has 0 saturated carbocycles. The molecular formula is C12H16N4O5. The van der Waals surface area contributed by atoms with Gasteiger partial charge in [-0.2, -0.15) is 0 Å². The minimum absolute atomic E-state index is 0.159. The highest BCUT2D eigenvalue weighted by Crippen LogP contribution is 2.25. The number of nitro benzene ring substituents is 1. The summed E-state index contributed by atoms with van der Waals surface area (Å²) >= 11 is 0. The van der Waals surface area contributed by atoms with Crippen molar-refractivity contribution in [3.05, 3.63) is 33.9 Å². The second-order valence-electron chi connectivity index (χ2n) is 4.35. The summed E-state index contributed by atoms with van der Waals surface area (Å²) in [4.78, 5) is 33.7. The molecule has 0 aliphatic heterocycles. The molecule has 0 saturated heterocycles. The van der Waals surface area contributed by atoms with Crippen LogP contribution in [0.5, 0.6) is 0 Å². The molecule has 1 aromatic rings. The Hall–Kier alpha value is -2.84. The number of benzene rings is 1. The summed E-state index contributed by atoms with van der Waals surface area (Å²) < 4.78 is 0. The van der Waals surface area contributed by atoms with E-state index in [1.165, 1.54) is 17.0 Å². The maximum atomic E-state index is 11.3. The van der Waals surface area contributed by atoms with Gasteiger partial charge in [-0.25, -0.2) is 9.59 Å². The van der Waals surface area contributed by atoms with Crippen LogP contribution in [0, 0.1) is 10.1 Å². The average molecular weight is 296 g/mol. The Labute approximate surface area is 120 Å². The van der Waals surface area contributed by atoms with Gasteiger partial charge in [0.1, 0.15) is 5.69 Å². The smallest absolute Gasteiger partial charge is 0.335 e. The van der Waals surface area contributed by atoms with Crippen molar-refractivity contribution >= 4 is 23.4 Å². The molecule has 0 heterocycles. The molecule has 0 bridgehead atoms. The molecule has 9 heteroatoms. The molecule has 1 aromatic carbocycles. The van der Waals surface area contributed by atoms with E-state index in [0.29, 0.717) is 0 Å². The number of carbonyl (C=O) groups is 2. The number of carboxylic acid groups (broad SMARTS) is 1. The third-order valence-corrected chi connectivity index (χ3v) is 2.56. The van der Waals surface area contributed by atoms with Crippen LogP contribution in [-0.2, 0) is 0 Å². The molecule has 0 spiro atoms.